The molecular weight excluding hydrogens is 284 g/mol. The third-order valence-electron chi connectivity index (χ3n) is 2.59. The van der Waals surface area contributed by atoms with Crippen LogP contribution in [0.4, 0.5) is 0 Å². The summed E-state index contributed by atoms with van der Waals surface area (Å²) in [5.41, 5.74) is 0.691. The first-order valence-electron chi connectivity index (χ1n) is 5.49. The highest BCUT2D eigenvalue weighted by Crippen LogP contribution is 2.28. The summed E-state index contributed by atoms with van der Waals surface area (Å²) in [5.74, 6) is 0.697. The van der Waals surface area contributed by atoms with Gasteiger partial charge in [0.15, 0.2) is 10.3 Å². The molecule has 0 saturated heterocycles. The fourth-order valence-corrected chi connectivity index (χ4v) is 2.62. The smallest absolute Gasteiger partial charge is 0.183 e. The van der Waals surface area contributed by atoms with Crippen molar-refractivity contribution in [3.05, 3.63) is 57.9 Å². The van der Waals surface area contributed by atoms with Gasteiger partial charge in [0.1, 0.15) is 6.10 Å². The van der Waals surface area contributed by atoms with E-state index in [9.17, 15) is 5.11 Å². The zero-order valence-electron chi connectivity index (χ0n) is 9.64. The van der Waals surface area contributed by atoms with Gasteiger partial charge in [-0.2, -0.15) is 5.10 Å². The molecule has 0 aliphatic rings. The van der Waals surface area contributed by atoms with Gasteiger partial charge in [-0.15, -0.1) is 11.3 Å². The summed E-state index contributed by atoms with van der Waals surface area (Å²) >= 11 is 7.01. The molecule has 3 aromatic heterocycles. The lowest BCUT2D eigenvalue weighted by Gasteiger charge is -2.08. The molecule has 0 amide bonds. The Hall–Kier alpha value is -1.76. The van der Waals surface area contributed by atoms with Crippen LogP contribution in [0.15, 0.2) is 43.0 Å². The van der Waals surface area contributed by atoms with Crippen molar-refractivity contribution in [2.75, 3.05) is 0 Å². The number of aliphatic hydroxyl groups is 1. The molecular formula is C12H9ClN4OS. The average Bonchev–Trinajstić information content (AvgIpc) is 3.09. The number of aliphatic hydroxyl groups excluding tert-OH is 1. The van der Waals surface area contributed by atoms with Crippen molar-refractivity contribution >= 4 is 22.9 Å². The minimum absolute atomic E-state index is 0.412. The molecule has 96 valence electrons. The van der Waals surface area contributed by atoms with Crippen LogP contribution in [0.2, 0.25) is 4.47 Å². The van der Waals surface area contributed by atoms with Gasteiger partial charge in [-0.1, -0.05) is 17.7 Å². The van der Waals surface area contributed by atoms with Crippen molar-refractivity contribution in [2.45, 2.75) is 6.10 Å². The number of aromatic nitrogens is 4. The Bertz CT molecular complexity index is 665. The van der Waals surface area contributed by atoms with Crippen LogP contribution in [0.5, 0.6) is 0 Å². The maximum atomic E-state index is 10.2. The van der Waals surface area contributed by atoms with Gasteiger partial charge in [-0.05, 0) is 12.1 Å². The standard InChI is InChI=1S/C12H9ClN4OS/c13-12-15-7-9(19-12)11(18)8-2-3-10(14-6-8)17-5-1-4-16-17/h1-7,11,18H. The van der Waals surface area contributed by atoms with E-state index in [4.69, 9.17) is 11.6 Å². The Balaban J connectivity index is 1.86. The predicted octanol–water partition coefficient (Wildman–Crippen LogP) is 2.46. The molecule has 0 aromatic carbocycles. The van der Waals surface area contributed by atoms with Crippen LogP contribution < -0.4 is 0 Å². The van der Waals surface area contributed by atoms with E-state index in [1.807, 2.05) is 12.1 Å². The first-order valence-corrected chi connectivity index (χ1v) is 6.69. The lowest BCUT2D eigenvalue weighted by Crippen LogP contribution is -2.01. The van der Waals surface area contributed by atoms with Crippen LogP contribution in [-0.4, -0.2) is 24.9 Å². The van der Waals surface area contributed by atoms with Crippen LogP contribution in [-0.2, 0) is 0 Å². The van der Waals surface area contributed by atoms with Gasteiger partial charge in [0.05, 0.1) is 4.88 Å². The van der Waals surface area contributed by atoms with Gasteiger partial charge in [-0.25, -0.2) is 14.6 Å². The van der Waals surface area contributed by atoms with Crippen LogP contribution in [0.3, 0.4) is 0 Å². The second-order valence-corrected chi connectivity index (χ2v) is 5.46. The normalized spacial score (nSPS) is 12.5. The number of rotatable bonds is 3. The molecule has 5 nitrogen and oxygen atoms in total. The van der Waals surface area contributed by atoms with Crippen molar-refractivity contribution in [3.8, 4) is 5.82 Å². The Morgan fingerprint density at radius 1 is 1.26 bits per heavy atom. The first kappa shape index (κ1) is 12.3. The highest BCUT2D eigenvalue weighted by atomic mass is 35.5. The molecule has 7 heteroatoms. The second kappa shape index (κ2) is 5.08. The molecule has 1 atom stereocenters. The third-order valence-corrected chi connectivity index (χ3v) is 3.76. The maximum Gasteiger partial charge on any atom is 0.183 e. The molecule has 1 unspecified atom stereocenters. The summed E-state index contributed by atoms with van der Waals surface area (Å²) in [6, 6.07) is 5.43. The highest BCUT2D eigenvalue weighted by molar-refractivity contribution is 7.15. The van der Waals surface area contributed by atoms with Gasteiger partial charge >= 0.3 is 0 Å². The molecule has 0 radical (unpaired) electrons. The van der Waals surface area contributed by atoms with Crippen molar-refractivity contribution in [2.24, 2.45) is 0 Å². The van der Waals surface area contributed by atoms with E-state index in [1.165, 1.54) is 11.3 Å². The van der Waals surface area contributed by atoms with Gasteiger partial charge in [0.25, 0.3) is 0 Å². The Morgan fingerprint density at radius 2 is 2.16 bits per heavy atom. The van der Waals surface area contributed by atoms with Crippen LogP contribution in [0.25, 0.3) is 5.82 Å². The van der Waals surface area contributed by atoms with Gasteiger partial charge in [0.2, 0.25) is 0 Å². The summed E-state index contributed by atoms with van der Waals surface area (Å²) in [6.07, 6.45) is 5.92. The number of nitrogens with zero attached hydrogens (tertiary/aromatic N) is 4. The summed E-state index contributed by atoms with van der Waals surface area (Å²) in [6.45, 7) is 0. The summed E-state index contributed by atoms with van der Waals surface area (Å²) in [7, 11) is 0. The van der Waals surface area contributed by atoms with Crippen molar-refractivity contribution < 1.29 is 5.11 Å². The molecule has 0 spiro atoms. The van der Waals surface area contributed by atoms with Crippen molar-refractivity contribution in [1.29, 1.82) is 0 Å². The van der Waals surface area contributed by atoms with Crippen molar-refractivity contribution in [1.82, 2.24) is 19.7 Å². The maximum absolute atomic E-state index is 10.2. The van der Waals surface area contributed by atoms with Crippen LogP contribution >= 0.6 is 22.9 Å². The SMILES string of the molecule is OC(c1ccc(-n2cccn2)nc1)c1cnc(Cl)s1. The molecule has 0 aliphatic carbocycles. The zero-order chi connectivity index (χ0) is 13.2. The summed E-state index contributed by atoms with van der Waals surface area (Å²) in [5, 5.41) is 14.3. The number of hydrogen-bond acceptors (Lipinski definition) is 5. The van der Waals surface area contributed by atoms with Gasteiger partial charge in [-0.3, -0.25) is 0 Å². The fraction of sp³-hybridized carbons (Fsp3) is 0.0833. The molecule has 19 heavy (non-hydrogen) atoms. The number of halogens is 1. The molecule has 0 aliphatic heterocycles. The first-order chi connectivity index (χ1) is 9.24. The Kier molecular flexibility index (Phi) is 3.29. The van der Waals surface area contributed by atoms with E-state index >= 15 is 0 Å². The minimum Gasteiger partial charge on any atom is -0.383 e. The van der Waals surface area contributed by atoms with E-state index < -0.39 is 6.10 Å². The topological polar surface area (TPSA) is 63.8 Å². The van der Waals surface area contributed by atoms with Crippen molar-refractivity contribution in [3.63, 3.8) is 0 Å². The molecule has 3 aromatic rings. The minimum atomic E-state index is -0.760. The van der Waals surface area contributed by atoms with E-state index in [0.29, 0.717) is 20.7 Å². The Labute approximate surface area is 118 Å². The molecule has 1 N–H and O–H groups in total. The quantitative estimate of drug-likeness (QED) is 0.805. The lowest BCUT2D eigenvalue weighted by atomic mass is 10.1. The van der Waals surface area contributed by atoms with Crippen LogP contribution in [0, 0.1) is 0 Å². The summed E-state index contributed by atoms with van der Waals surface area (Å²) in [4.78, 5) is 8.87. The average molecular weight is 293 g/mol. The largest absolute Gasteiger partial charge is 0.383 e. The second-order valence-electron chi connectivity index (χ2n) is 3.82. The van der Waals surface area contributed by atoms with E-state index in [0.717, 1.165) is 0 Å². The molecule has 3 heterocycles. The number of thiazole rings is 1. The third kappa shape index (κ3) is 2.51. The predicted molar refractivity (Wildman–Crippen MR) is 72.5 cm³/mol. The van der Waals surface area contributed by atoms with Gasteiger partial charge in [0, 0.05) is 30.4 Å². The van der Waals surface area contributed by atoms with E-state index in [1.54, 1.807) is 35.5 Å². The molecule has 0 saturated carbocycles. The lowest BCUT2D eigenvalue weighted by molar-refractivity contribution is 0.223. The van der Waals surface area contributed by atoms with E-state index in [2.05, 4.69) is 15.1 Å². The molecule has 0 bridgehead atoms. The summed E-state index contributed by atoms with van der Waals surface area (Å²) < 4.78 is 2.06. The Morgan fingerprint density at radius 3 is 2.74 bits per heavy atom. The number of pyridine rings is 1. The fourth-order valence-electron chi connectivity index (χ4n) is 1.65. The van der Waals surface area contributed by atoms with E-state index in [-0.39, 0.29) is 0 Å². The van der Waals surface area contributed by atoms with Gasteiger partial charge < -0.3 is 5.11 Å². The monoisotopic (exact) mass is 292 g/mol. The zero-order valence-corrected chi connectivity index (χ0v) is 11.2. The number of hydrogen-bond donors (Lipinski definition) is 1. The highest BCUT2D eigenvalue weighted by Gasteiger charge is 2.14. The molecule has 3 rings (SSSR count). The molecule has 0 fully saturated rings. The van der Waals surface area contributed by atoms with Crippen LogP contribution in [0.1, 0.15) is 16.5 Å².